The lowest BCUT2D eigenvalue weighted by Gasteiger charge is -2.21. The lowest BCUT2D eigenvalue weighted by atomic mass is 10.1. The third-order valence-corrected chi connectivity index (χ3v) is 6.16. The van der Waals surface area contributed by atoms with Crippen LogP contribution in [-0.2, 0) is 0 Å². The third kappa shape index (κ3) is 3.64. The zero-order valence-electron chi connectivity index (χ0n) is 16.1. The van der Waals surface area contributed by atoms with Crippen LogP contribution >= 0.6 is 11.3 Å². The topological polar surface area (TPSA) is 76.7 Å². The van der Waals surface area contributed by atoms with Crippen molar-refractivity contribution in [3.05, 3.63) is 70.4 Å². The first-order chi connectivity index (χ1) is 14.6. The van der Waals surface area contributed by atoms with Gasteiger partial charge in [-0.3, -0.25) is 9.59 Å². The summed E-state index contributed by atoms with van der Waals surface area (Å²) in [5.74, 6) is 0.385. The Hall–Kier alpha value is -3.32. The van der Waals surface area contributed by atoms with Gasteiger partial charge in [-0.15, -0.1) is 11.3 Å². The molecule has 2 aromatic carbocycles. The number of benzene rings is 2. The summed E-state index contributed by atoms with van der Waals surface area (Å²) in [6.07, 6.45) is 3.95. The standard InChI is InChI=1S/C23H20N2O4S/c26-21(15-5-3-6-16(13-15)25-22(27)20-7-4-12-30-20)24-17-8-9-18-19(14-17)29-23(28-18)10-1-2-11-23/h3-9,12-14H,1-2,10-11H2,(H,24,26)(H,25,27). The highest BCUT2D eigenvalue weighted by Gasteiger charge is 2.44. The second kappa shape index (κ2) is 7.50. The molecule has 1 saturated carbocycles. The molecular formula is C23H20N2O4S. The molecule has 5 rings (SSSR count). The first kappa shape index (κ1) is 18.7. The molecule has 152 valence electrons. The van der Waals surface area contributed by atoms with Crippen molar-refractivity contribution in [2.24, 2.45) is 0 Å². The maximum absolute atomic E-state index is 12.7. The number of nitrogens with one attached hydrogen (secondary N) is 2. The summed E-state index contributed by atoms with van der Waals surface area (Å²) in [5, 5.41) is 7.56. The summed E-state index contributed by atoms with van der Waals surface area (Å²) in [6, 6.07) is 15.9. The maximum atomic E-state index is 12.7. The normalized spacial score (nSPS) is 15.9. The van der Waals surface area contributed by atoms with E-state index in [-0.39, 0.29) is 11.8 Å². The quantitative estimate of drug-likeness (QED) is 0.601. The predicted molar refractivity (Wildman–Crippen MR) is 116 cm³/mol. The van der Waals surface area contributed by atoms with Crippen molar-refractivity contribution in [1.29, 1.82) is 0 Å². The number of carbonyl (C=O) groups excluding carboxylic acids is 2. The van der Waals surface area contributed by atoms with Crippen LogP contribution in [0.15, 0.2) is 60.0 Å². The molecule has 1 aliphatic heterocycles. The number of rotatable bonds is 4. The smallest absolute Gasteiger partial charge is 0.265 e. The number of carbonyl (C=O) groups is 2. The van der Waals surface area contributed by atoms with Crippen molar-refractivity contribution in [3.8, 4) is 11.5 Å². The Balaban J connectivity index is 1.28. The molecule has 2 aliphatic rings. The van der Waals surface area contributed by atoms with Gasteiger partial charge >= 0.3 is 0 Å². The fourth-order valence-electron chi connectivity index (χ4n) is 3.83. The summed E-state index contributed by atoms with van der Waals surface area (Å²) in [4.78, 5) is 25.6. The van der Waals surface area contributed by atoms with Crippen molar-refractivity contribution in [2.75, 3.05) is 10.6 Å². The predicted octanol–water partition coefficient (Wildman–Crippen LogP) is 5.29. The molecule has 1 spiro atoms. The Bertz CT molecular complexity index is 1100. The zero-order chi connectivity index (χ0) is 20.6. The molecule has 30 heavy (non-hydrogen) atoms. The second-order valence-electron chi connectivity index (χ2n) is 7.45. The SMILES string of the molecule is O=C(Nc1ccc2c(c1)OC1(CCCC1)O2)c1cccc(NC(=O)c2cccs2)c1. The highest BCUT2D eigenvalue weighted by molar-refractivity contribution is 7.12. The summed E-state index contributed by atoms with van der Waals surface area (Å²) in [7, 11) is 0. The Labute approximate surface area is 177 Å². The highest BCUT2D eigenvalue weighted by atomic mass is 32.1. The van der Waals surface area contributed by atoms with Crippen LogP contribution in [0.1, 0.15) is 45.7 Å². The number of fused-ring (bicyclic) bond motifs is 1. The molecule has 0 atom stereocenters. The summed E-state index contributed by atoms with van der Waals surface area (Å²) in [5.41, 5.74) is 1.64. The minimum atomic E-state index is -0.528. The molecule has 1 aromatic heterocycles. The van der Waals surface area contributed by atoms with E-state index in [1.165, 1.54) is 11.3 Å². The lowest BCUT2D eigenvalue weighted by molar-refractivity contribution is -0.0716. The molecule has 1 aliphatic carbocycles. The number of amides is 2. The van der Waals surface area contributed by atoms with Gasteiger partial charge in [0.2, 0.25) is 0 Å². The average Bonchev–Trinajstić information content (AvgIpc) is 3.49. The van der Waals surface area contributed by atoms with E-state index in [1.807, 2.05) is 17.5 Å². The Morgan fingerprint density at radius 1 is 0.833 bits per heavy atom. The minimum Gasteiger partial charge on any atom is -0.448 e. The Morgan fingerprint density at radius 3 is 2.40 bits per heavy atom. The molecular weight excluding hydrogens is 400 g/mol. The summed E-state index contributed by atoms with van der Waals surface area (Å²) < 4.78 is 12.1. The van der Waals surface area contributed by atoms with Crippen LogP contribution in [0.25, 0.3) is 0 Å². The molecule has 0 unspecified atom stereocenters. The zero-order valence-corrected chi connectivity index (χ0v) is 17.0. The van der Waals surface area contributed by atoms with Gasteiger partial charge < -0.3 is 20.1 Å². The van der Waals surface area contributed by atoms with Crippen molar-refractivity contribution in [2.45, 2.75) is 31.5 Å². The van der Waals surface area contributed by atoms with Crippen molar-refractivity contribution < 1.29 is 19.1 Å². The van der Waals surface area contributed by atoms with E-state index in [4.69, 9.17) is 9.47 Å². The van der Waals surface area contributed by atoms with E-state index in [0.717, 1.165) is 25.7 Å². The molecule has 0 radical (unpaired) electrons. The van der Waals surface area contributed by atoms with Crippen molar-refractivity contribution >= 4 is 34.5 Å². The Morgan fingerprint density at radius 2 is 1.60 bits per heavy atom. The third-order valence-electron chi connectivity index (χ3n) is 5.29. The van der Waals surface area contributed by atoms with Gasteiger partial charge in [-0.25, -0.2) is 0 Å². The van der Waals surface area contributed by atoms with E-state index in [2.05, 4.69) is 10.6 Å². The van der Waals surface area contributed by atoms with Crippen molar-refractivity contribution in [3.63, 3.8) is 0 Å². The van der Waals surface area contributed by atoms with Crippen LogP contribution in [0.2, 0.25) is 0 Å². The molecule has 2 amide bonds. The highest BCUT2D eigenvalue weighted by Crippen LogP contribution is 2.47. The lowest BCUT2D eigenvalue weighted by Crippen LogP contribution is -2.34. The van der Waals surface area contributed by atoms with Crippen LogP contribution in [0, 0.1) is 0 Å². The first-order valence-corrected chi connectivity index (χ1v) is 10.8. The van der Waals surface area contributed by atoms with Crippen LogP contribution < -0.4 is 20.1 Å². The minimum absolute atomic E-state index is 0.195. The molecule has 2 heterocycles. The largest absolute Gasteiger partial charge is 0.448 e. The van der Waals surface area contributed by atoms with Crippen LogP contribution in [0.3, 0.4) is 0 Å². The molecule has 2 N–H and O–H groups in total. The molecule has 1 fully saturated rings. The molecule has 3 aromatic rings. The summed E-state index contributed by atoms with van der Waals surface area (Å²) >= 11 is 1.37. The van der Waals surface area contributed by atoms with Gasteiger partial charge in [-0.2, -0.15) is 0 Å². The van der Waals surface area contributed by atoms with Crippen LogP contribution in [0.4, 0.5) is 11.4 Å². The van der Waals surface area contributed by atoms with E-state index in [0.29, 0.717) is 33.3 Å². The molecule has 7 heteroatoms. The monoisotopic (exact) mass is 420 g/mol. The van der Waals surface area contributed by atoms with Gasteiger partial charge in [-0.05, 0) is 54.6 Å². The number of hydrogen-bond acceptors (Lipinski definition) is 5. The molecule has 0 saturated heterocycles. The fraction of sp³-hybridized carbons (Fsp3) is 0.217. The fourth-order valence-corrected chi connectivity index (χ4v) is 4.45. The van der Waals surface area contributed by atoms with Crippen LogP contribution in [0.5, 0.6) is 11.5 Å². The molecule has 6 nitrogen and oxygen atoms in total. The van der Waals surface area contributed by atoms with Crippen molar-refractivity contribution in [1.82, 2.24) is 0 Å². The van der Waals surface area contributed by atoms with E-state index in [1.54, 1.807) is 42.5 Å². The van der Waals surface area contributed by atoms with Gasteiger partial charge in [0.05, 0.1) is 4.88 Å². The van der Waals surface area contributed by atoms with Gasteiger partial charge in [0.25, 0.3) is 17.6 Å². The maximum Gasteiger partial charge on any atom is 0.265 e. The van der Waals surface area contributed by atoms with Gasteiger partial charge in [0.1, 0.15) is 0 Å². The summed E-state index contributed by atoms with van der Waals surface area (Å²) in [6.45, 7) is 0. The number of hydrogen-bond donors (Lipinski definition) is 2. The van der Waals surface area contributed by atoms with E-state index in [9.17, 15) is 9.59 Å². The average molecular weight is 420 g/mol. The first-order valence-electron chi connectivity index (χ1n) is 9.89. The second-order valence-corrected chi connectivity index (χ2v) is 8.40. The van der Waals surface area contributed by atoms with Crippen LogP contribution in [-0.4, -0.2) is 17.6 Å². The Kier molecular flexibility index (Phi) is 4.67. The van der Waals surface area contributed by atoms with Gasteiger partial charge in [0, 0.05) is 35.8 Å². The van der Waals surface area contributed by atoms with Gasteiger partial charge in [0.15, 0.2) is 11.5 Å². The molecule has 0 bridgehead atoms. The number of thiophene rings is 1. The van der Waals surface area contributed by atoms with Gasteiger partial charge in [-0.1, -0.05) is 12.1 Å². The number of ether oxygens (including phenoxy) is 2. The van der Waals surface area contributed by atoms with E-state index >= 15 is 0 Å². The number of anilines is 2. The van der Waals surface area contributed by atoms with E-state index < -0.39 is 5.79 Å².